The summed E-state index contributed by atoms with van der Waals surface area (Å²) in [6.07, 6.45) is 2.64. The molecule has 0 aliphatic carbocycles. The average molecular weight is 436 g/mol. The monoisotopic (exact) mass is 435 g/mol. The molecule has 2 aromatic carbocycles. The number of methoxy groups -OCH3 is 1. The summed E-state index contributed by atoms with van der Waals surface area (Å²) in [4.78, 5) is 27.2. The van der Waals surface area contributed by atoms with Crippen LogP contribution in [0.25, 0.3) is 0 Å². The van der Waals surface area contributed by atoms with Gasteiger partial charge in [-0.15, -0.1) is 0 Å². The van der Waals surface area contributed by atoms with Crippen molar-refractivity contribution in [2.75, 3.05) is 13.7 Å². The Balaban J connectivity index is 1.68. The number of carbonyl (C=O) groups excluding carboxylic acids is 2. The molecule has 2 aromatic rings. The molecule has 0 fully saturated rings. The Kier molecular flexibility index (Phi) is 5.96. The van der Waals surface area contributed by atoms with Gasteiger partial charge in [0.05, 0.1) is 19.8 Å². The minimum atomic E-state index is -0.556. The lowest BCUT2D eigenvalue weighted by Gasteiger charge is -2.50. The second kappa shape index (κ2) is 8.69. The predicted molar refractivity (Wildman–Crippen MR) is 120 cm³/mol. The fraction of sp³-hybridized carbons (Fsp3) is 0.385. The maximum atomic E-state index is 12.8. The van der Waals surface area contributed by atoms with Crippen LogP contribution in [0.15, 0.2) is 54.2 Å². The van der Waals surface area contributed by atoms with Crippen molar-refractivity contribution in [2.24, 2.45) is 0 Å². The molecule has 1 atom stereocenters. The Morgan fingerprint density at radius 2 is 1.91 bits per heavy atom. The van der Waals surface area contributed by atoms with Crippen molar-refractivity contribution in [3.05, 3.63) is 70.9 Å². The first-order valence-electron chi connectivity index (χ1n) is 10.9. The minimum Gasteiger partial charge on any atom is -0.493 e. The molecule has 0 bridgehead atoms. The SMILES string of the molecule is CCOC(=O)C1=CN2C(CC1=O)c1cc(OC)c(OCc3ccccc3)cc1CC2(C)C. The normalized spacial score (nSPS) is 18.9. The predicted octanol–water partition coefficient (Wildman–Crippen LogP) is 4.37. The molecular weight excluding hydrogens is 406 g/mol. The number of ether oxygens (including phenoxy) is 3. The topological polar surface area (TPSA) is 65.1 Å². The molecule has 2 heterocycles. The number of fused-ring (bicyclic) bond motifs is 3. The van der Waals surface area contributed by atoms with Gasteiger partial charge in [0, 0.05) is 18.2 Å². The van der Waals surface area contributed by atoms with Gasteiger partial charge in [-0.3, -0.25) is 4.79 Å². The quantitative estimate of drug-likeness (QED) is 0.496. The number of nitrogens with zero attached hydrogens (tertiary/aromatic N) is 1. The lowest BCUT2D eigenvalue weighted by Crippen LogP contribution is -2.51. The van der Waals surface area contributed by atoms with Crippen molar-refractivity contribution in [2.45, 2.75) is 51.8 Å². The molecule has 0 saturated heterocycles. The zero-order valence-electron chi connectivity index (χ0n) is 19.0. The zero-order valence-corrected chi connectivity index (χ0v) is 19.0. The first-order chi connectivity index (χ1) is 15.3. The highest BCUT2D eigenvalue weighted by Gasteiger charge is 2.43. The number of esters is 1. The number of benzene rings is 2. The van der Waals surface area contributed by atoms with E-state index in [2.05, 4.69) is 18.7 Å². The fourth-order valence-corrected chi connectivity index (χ4v) is 4.56. The Morgan fingerprint density at radius 3 is 2.59 bits per heavy atom. The van der Waals surface area contributed by atoms with E-state index in [0.717, 1.165) is 23.1 Å². The average Bonchev–Trinajstić information content (AvgIpc) is 2.77. The van der Waals surface area contributed by atoms with Gasteiger partial charge in [0.25, 0.3) is 0 Å². The molecule has 6 nitrogen and oxygen atoms in total. The van der Waals surface area contributed by atoms with Gasteiger partial charge in [0.2, 0.25) is 0 Å². The van der Waals surface area contributed by atoms with Crippen molar-refractivity contribution in [3.8, 4) is 11.5 Å². The summed E-state index contributed by atoms with van der Waals surface area (Å²) < 4.78 is 16.8. The van der Waals surface area contributed by atoms with E-state index >= 15 is 0 Å². The van der Waals surface area contributed by atoms with Gasteiger partial charge in [0.15, 0.2) is 17.3 Å². The number of hydrogen-bond donors (Lipinski definition) is 0. The summed E-state index contributed by atoms with van der Waals surface area (Å²) in [7, 11) is 1.62. The van der Waals surface area contributed by atoms with Gasteiger partial charge in [0.1, 0.15) is 12.2 Å². The van der Waals surface area contributed by atoms with E-state index in [1.807, 2.05) is 42.5 Å². The third kappa shape index (κ3) is 4.09. The van der Waals surface area contributed by atoms with Crippen LogP contribution >= 0.6 is 0 Å². The third-order valence-corrected chi connectivity index (χ3v) is 6.12. The molecule has 0 saturated carbocycles. The molecule has 168 valence electrons. The van der Waals surface area contributed by atoms with Crippen LogP contribution in [-0.2, 0) is 27.4 Å². The van der Waals surface area contributed by atoms with Gasteiger partial charge >= 0.3 is 5.97 Å². The molecule has 0 aromatic heterocycles. The Labute approximate surface area is 188 Å². The molecule has 0 spiro atoms. The van der Waals surface area contributed by atoms with Gasteiger partial charge < -0.3 is 19.1 Å². The number of Topliss-reactive ketones (excluding diaryl/α,β-unsaturated/α-hetero) is 1. The smallest absolute Gasteiger partial charge is 0.343 e. The highest BCUT2D eigenvalue weighted by atomic mass is 16.5. The molecule has 0 N–H and O–H groups in total. The van der Waals surface area contributed by atoms with Crippen LogP contribution in [0.2, 0.25) is 0 Å². The second-order valence-electron chi connectivity index (χ2n) is 8.78. The summed E-state index contributed by atoms with van der Waals surface area (Å²) in [5, 5.41) is 0. The van der Waals surface area contributed by atoms with E-state index in [4.69, 9.17) is 14.2 Å². The van der Waals surface area contributed by atoms with Crippen LogP contribution in [0.3, 0.4) is 0 Å². The summed E-state index contributed by atoms with van der Waals surface area (Å²) >= 11 is 0. The molecule has 4 rings (SSSR count). The first kappa shape index (κ1) is 21.9. The van der Waals surface area contributed by atoms with Gasteiger partial charge in [-0.05, 0) is 56.0 Å². The van der Waals surface area contributed by atoms with Crippen molar-refractivity contribution in [3.63, 3.8) is 0 Å². The lowest BCUT2D eigenvalue weighted by molar-refractivity contribution is -0.140. The maximum absolute atomic E-state index is 12.8. The van der Waals surface area contributed by atoms with E-state index in [1.54, 1.807) is 20.2 Å². The third-order valence-electron chi connectivity index (χ3n) is 6.12. The van der Waals surface area contributed by atoms with E-state index in [-0.39, 0.29) is 36.0 Å². The molecule has 32 heavy (non-hydrogen) atoms. The number of carbonyl (C=O) groups is 2. The van der Waals surface area contributed by atoms with Crippen LogP contribution in [0.1, 0.15) is 49.9 Å². The van der Waals surface area contributed by atoms with E-state index < -0.39 is 5.97 Å². The van der Waals surface area contributed by atoms with Gasteiger partial charge in [-0.1, -0.05) is 30.3 Å². The molecule has 6 heteroatoms. The van der Waals surface area contributed by atoms with E-state index in [0.29, 0.717) is 18.1 Å². The van der Waals surface area contributed by atoms with Crippen molar-refractivity contribution < 1.29 is 23.8 Å². The zero-order chi connectivity index (χ0) is 22.9. The Hall–Kier alpha value is -3.28. The fourth-order valence-electron chi connectivity index (χ4n) is 4.56. The van der Waals surface area contributed by atoms with E-state index in [1.165, 1.54) is 0 Å². The van der Waals surface area contributed by atoms with Crippen molar-refractivity contribution in [1.82, 2.24) is 4.90 Å². The van der Waals surface area contributed by atoms with Gasteiger partial charge in [-0.25, -0.2) is 4.79 Å². The summed E-state index contributed by atoms with van der Waals surface area (Å²) in [5.41, 5.74) is 3.06. The van der Waals surface area contributed by atoms with Crippen molar-refractivity contribution in [1.29, 1.82) is 0 Å². The van der Waals surface area contributed by atoms with Crippen LogP contribution in [0.4, 0.5) is 0 Å². The minimum absolute atomic E-state index is 0.120. The van der Waals surface area contributed by atoms with Crippen LogP contribution < -0.4 is 9.47 Å². The van der Waals surface area contributed by atoms with Crippen molar-refractivity contribution >= 4 is 11.8 Å². The highest BCUT2D eigenvalue weighted by molar-refractivity contribution is 6.17. The summed E-state index contributed by atoms with van der Waals surface area (Å²) in [6.45, 7) is 6.65. The van der Waals surface area contributed by atoms with E-state index in [9.17, 15) is 9.59 Å². The molecule has 2 aliphatic heterocycles. The largest absolute Gasteiger partial charge is 0.493 e. The molecule has 0 amide bonds. The Morgan fingerprint density at radius 1 is 1.16 bits per heavy atom. The van der Waals surface area contributed by atoms with Crippen LogP contribution in [0, 0.1) is 0 Å². The Bertz CT molecular complexity index is 1060. The highest BCUT2D eigenvalue weighted by Crippen LogP contribution is 2.47. The molecule has 1 unspecified atom stereocenters. The maximum Gasteiger partial charge on any atom is 0.343 e. The van der Waals surface area contributed by atoms with Crippen LogP contribution in [0.5, 0.6) is 11.5 Å². The summed E-state index contributed by atoms with van der Waals surface area (Å²) in [6, 6.07) is 13.8. The lowest BCUT2D eigenvalue weighted by atomic mass is 9.77. The number of hydrogen-bond acceptors (Lipinski definition) is 6. The second-order valence-corrected chi connectivity index (χ2v) is 8.78. The van der Waals surface area contributed by atoms with Gasteiger partial charge in [-0.2, -0.15) is 0 Å². The number of rotatable bonds is 6. The van der Waals surface area contributed by atoms with Crippen LogP contribution in [-0.4, -0.2) is 35.9 Å². The number of ketones is 1. The summed E-state index contributed by atoms with van der Waals surface area (Å²) in [5.74, 6) is 0.563. The first-order valence-corrected chi connectivity index (χ1v) is 10.9. The molecular formula is C26H29NO5. The molecule has 2 aliphatic rings. The molecule has 0 radical (unpaired) electrons. The standard InChI is InChI=1S/C26H29NO5/c1-5-31-25(29)20-15-27-21(13-22(20)28)19-12-23(30-4)24(11-18(19)14-26(27,2)3)32-16-17-9-7-6-8-10-17/h6-12,15,21H,5,13-14,16H2,1-4H3.